The number of hydrogen-bond acceptors (Lipinski definition) is 5. The van der Waals surface area contributed by atoms with E-state index in [4.69, 9.17) is 4.74 Å². The summed E-state index contributed by atoms with van der Waals surface area (Å²) in [5, 5.41) is 17.6. The number of fused-ring (bicyclic) bond motifs is 1. The molecule has 2 N–H and O–H groups in total. The van der Waals surface area contributed by atoms with Gasteiger partial charge in [-0.1, -0.05) is 0 Å². The summed E-state index contributed by atoms with van der Waals surface area (Å²) in [5.74, 6) is -0.105. The van der Waals surface area contributed by atoms with Gasteiger partial charge in [0, 0.05) is 36.1 Å². The average Bonchev–Trinajstić information content (AvgIpc) is 3.17. The largest absolute Gasteiger partial charge is 0.490 e. The minimum absolute atomic E-state index is 0.163. The number of nitrogens with zero attached hydrogens (tertiary/aromatic N) is 1. The quantitative estimate of drug-likeness (QED) is 0.860. The first kappa shape index (κ1) is 17.3. The molecule has 0 unspecified atom stereocenters. The van der Waals surface area contributed by atoms with Gasteiger partial charge >= 0.3 is 0 Å². The highest BCUT2D eigenvalue weighted by Gasteiger charge is 2.34. The van der Waals surface area contributed by atoms with E-state index >= 15 is 0 Å². The van der Waals surface area contributed by atoms with Crippen LogP contribution in [0.5, 0.6) is 5.75 Å². The molecule has 0 atom stereocenters. The summed E-state index contributed by atoms with van der Waals surface area (Å²) in [6.45, 7) is 1.71. The predicted molar refractivity (Wildman–Crippen MR) is 99.6 cm³/mol. The molecule has 1 aromatic heterocycles. The smallest absolute Gasteiger partial charge is 0.224 e. The lowest BCUT2D eigenvalue weighted by molar-refractivity contribution is -0.116. The van der Waals surface area contributed by atoms with E-state index in [1.807, 2.05) is 0 Å². The fourth-order valence-electron chi connectivity index (χ4n) is 3.53. The zero-order chi connectivity index (χ0) is 18.1. The van der Waals surface area contributed by atoms with Gasteiger partial charge in [0.1, 0.15) is 23.8 Å². The molecule has 2 aliphatic heterocycles. The van der Waals surface area contributed by atoms with Crippen LogP contribution in [0.15, 0.2) is 29.0 Å². The first-order chi connectivity index (χ1) is 12.5. The third kappa shape index (κ3) is 3.41. The van der Waals surface area contributed by atoms with Gasteiger partial charge in [0.2, 0.25) is 5.91 Å². The Balaban J connectivity index is 1.42. The summed E-state index contributed by atoms with van der Waals surface area (Å²) >= 11 is 1.67. The molecule has 0 saturated carbocycles. The molecule has 138 valence electrons. The number of benzene rings is 1. The maximum absolute atomic E-state index is 13.9. The number of hydrogen-bond donors (Lipinski definition) is 2. The molecule has 2 aromatic rings. The van der Waals surface area contributed by atoms with Gasteiger partial charge in [-0.15, -0.1) is 0 Å². The van der Waals surface area contributed by atoms with Crippen LogP contribution >= 0.6 is 11.3 Å². The fourth-order valence-corrected chi connectivity index (χ4v) is 4.20. The van der Waals surface area contributed by atoms with Crippen LogP contribution in [0, 0.1) is 5.82 Å². The number of carbonyl (C=O) groups is 1. The molecule has 0 spiro atoms. The number of halogens is 1. The Kier molecular flexibility index (Phi) is 4.58. The third-order valence-corrected chi connectivity index (χ3v) is 5.82. The molecular weight excluding hydrogens is 355 g/mol. The van der Waals surface area contributed by atoms with E-state index in [1.54, 1.807) is 17.4 Å². The normalized spacial score (nSPS) is 19.0. The van der Waals surface area contributed by atoms with Gasteiger partial charge in [-0.05, 0) is 42.8 Å². The van der Waals surface area contributed by atoms with Crippen molar-refractivity contribution < 1.29 is 19.0 Å². The summed E-state index contributed by atoms with van der Waals surface area (Å²) in [5.41, 5.74) is 1.18. The standard InChI is InChI=1S/C19H21FN2O3S/c20-15-2-3-16(14-1-4-17(23)21-18(14)15)25-12-19(24)6-8-22(9-7-19)13-5-10-26-11-13/h2-3,5,10-11,24H,1,4,6-9,12H2,(H,21,23). The van der Waals surface area contributed by atoms with E-state index < -0.39 is 11.4 Å². The summed E-state index contributed by atoms with van der Waals surface area (Å²) in [6.07, 6.45) is 1.98. The monoisotopic (exact) mass is 376 g/mol. The highest BCUT2D eigenvalue weighted by Crippen LogP contribution is 2.35. The second kappa shape index (κ2) is 6.89. The van der Waals surface area contributed by atoms with Crippen molar-refractivity contribution >= 4 is 28.6 Å². The molecule has 1 amide bonds. The number of rotatable bonds is 4. The van der Waals surface area contributed by atoms with Crippen molar-refractivity contribution in [3.05, 3.63) is 40.3 Å². The topological polar surface area (TPSA) is 61.8 Å². The van der Waals surface area contributed by atoms with Crippen LogP contribution in [0.3, 0.4) is 0 Å². The highest BCUT2D eigenvalue weighted by molar-refractivity contribution is 7.08. The molecule has 0 radical (unpaired) electrons. The molecule has 0 aliphatic carbocycles. The highest BCUT2D eigenvalue weighted by atomic mass is 32.1. The average molecular weight is 376 g/mol. The Morgan fingerprint density at radius 2 is 2.08 bits per heavy atom. The van der Waals surface area contributed by atoms with E-state index in [2.05, 4.69) is 27.0 Å². The van der Waals surface area contributed by atoms with Gasteiger partial charge < -0.3 is 20.1 Å². The van der Waals surface area contributed by atoms with Crippen LogP contribution in [0.25, 0.3) is 0 Å². The number of carbonyl (C=O) groups excluding carboxylic acids is 1. The van der Waals surface area contributed by atoms with E-state index in [0.29, 0.717) is 37.0 Å². The van der Waals surface area contributed by atoms with Crippen molar-refractivity contribution in [1.29, 1.82) is 0 Å². The lowest BCUT2D eigenvalue weighted by Crippen LogP contribution is -2.47. The van der Waals surface area contributed by atoms with Crippen molar-refractivity contribution in [2.45, 2.75) is 31.3 Å². The predicted octanol–water partition coefficient (Wildman–Crippen LogP) is 3.18. The minimum Gasteiger partial charge on any atom is -0.490 e. The van der Waals surface area contributed by atoms with Crippen molar-refractivity contribution in [1.82, 2.24) is 0 Å². The number of anilines is 2. The van der Waals surface area contributed by atoms with Crippen molar-refractivity contribution in [3.63, 3.8) is 0 Å². The second-order valence-corrected chi connectivity index (χ2v) is 7.71. The number of thiophene rings is 1. The molecular formula is C19H21FN2O3S. The SMILES string of the molecule is O=C1CCc2c(OCC3(O)CCN(c4ccsc4)CC3)ccc(F)c2N1. The summed E-state index contributed by atoms with van der Waals surface area (Å²) in [7, 11) is 0. The van der Waals surface area contributed by atoms with Crippen LogP contribution < -0.4 is 15.0 Å². The van der Waals surface area contributed by atoms with Crippen molar-refractivity contribution in [2.75, 3.05) is 29.9 Å². The lowest BCUT2D eigenvalue weighted by atomic mass is 9.92. The molecule has 0 bridgehead atoms. The molecule has 7 heteroatoms. The Morgan fingerprint density at radius 3 is 2.81 bits per heavy atom. The number of aliphatic hydroxyl groups is 1. The molecule has 2 aliphatic rings. The lowest BCUT2D eigenvalue weighted by Gasteiger charge is -2.38. The van der Waals surface area contributed by atoms with Gasteiger partial charge in [0.15, 0.2) is 0 Å². The van der Waals surface area contributed by atoms with Crippen LogP contribution in [0.4, 0.5) is 15.8 Å². The molecule has 3 heterocycles. The first-order valence-electron chi connectivity index (χ1n) is 8.78. The molecule has 1 aromatic carbocycles. The molecule has 1 fully saturated rings. The Morgan fingerprint density at radius 1 is 1.27 bits per heavy atom. The Labute approximate surface area is 155 Å². The maximum atomic E-state index is 13.9. The molecule has 5 nitrogen and oxygen atoms in total. The van der Waals surface area contributed by atoms with E-state index in [-0.39, 0.29) is 18.2 Å². The number of nitrogens with one attached hydrogen (secondary N) is 1. The number of piperidine rings is 1. The maximum Gasteiger partial charge on any atom is 0.224 e. The Hall–Kier alpha value is -2.12. The fraction of sp³-hybridized carbons (Fsp3) is 0.421. The molecule has 26 heavy (non-hydrogen) atoms. The van der Waals surface area contributed by atoms with Crippen LogP contribution in [-0.4, -0.2) is 36.3 Å². The van der Waals surface area contributed by atoms with Crippen LogP contribution in [-0.2, 0) is 11.2 Å². The first-order valence-corrected chi connectivity index (χ1v) is 9.72. The van der Waals surface area contributed by atoms with E-state index in [0.717, 1.165) is 13.1 Å². The zero-order valence-corrected chi connectivity index (χ0v) is 15.2. The van der Waals surface area contributed by atoms with E-state index in [9.17, 15) is 14.3 Å². The minimum atomic E-state index is -0.897. The summed E-state index contributed by atoms with van der Waals surface area (Å²) in [4.78, 5) is 13.8. The van der Waals surface area contributed by atoms with Gasteiger partial charge in [-0.3, -0.25) is 4.79 Å². The van der Waals surface area contributed by atoms with Crippen molar-refractivity contribution in [3.8, 4) is 5.75 Å². The summed E-state index contributed by atoms with van der Waals surface area (Å²) in [6, 6.07) is 4.96. The van der Waals surface area contributed by atoms with Gasteiger partial charge in [0.25, 0.3) is 0 Å². The summed E-state index contributed by atoms with van der Waals surface area (Å²) < 4.78 is 19.8. The zero-order valence-electron chi connectivity index (χ0n) is 14.3. The molecule has 1 saturated heterocycles. The van der Waals surface area contributed by atoms with Crippen molar-refractivity contribution in [2.24, 2.45) is 0 Å². The Bertz CT molecular complexity index is 801. The van der Waals surface area contributed by atoms with Crippen LogP contribution in [0.1, 0.15) is 24.8 Å². The molecule has 4 rings (SSSR count). The van der Waals surface area contributed by atoms with E-state index in [1.165, 1.54) is 11.8 Å². The van der Waals surface area contributed by atoms with Crippen LogP contribution in [0.2, 0.25) is 0 Å². The number of ether oxygens (including phenoxy) is 1. The van der Waals surface area contributed by atoms with Gasteiger partial charge in [0.05, 0.1) is 5.69 Å². The number of amides is 1. The second-order valence-electron chi connectivity index (χ2n) is 6.93. The van der Waals surface area contributed by atoms with Gasteiger partial charge in [-0.25, -0.2) is 4.39 Å². The third-order valence-electron chi connectivity index (χ3n) is 5.15. The van der Waals surface area contributed by atoms with Gasteiger partial charge in [-0.2, -0.15) is 11.3 Å².